The Morgan fingerprint density at radius 1 is 0.946 bits per heavy atom. The van der Waals surface area contributed by atoms with Gasteiger partial charge in [-0.05, 0) is 55.8 Å². The van der Waals surface area contributed by atoms with E-state index < -0.39 is 53.8 Å². The molecule has 4 atom stereocenters. The molecule has 0 aliphatic carbocycles. The molecule has 204 valence electrons. The van der Waals surface area contributed by atoms with Gasteiger partial charge in [0, 0.05) is 12.8 Å². The van der Waals surface area contributed by atoms with Crippen LogP contribution in [0.5, 0.6) is 5.75 Å². The minimum Gasteiger partial charge on any atom is -0.508 e. The summed E-state index contributed by atoms with van der Waals surface area (Å²) in [5.74, 6) is -4.32. The largest absolute Gasteiger partial charge is 0.508 e. The van der Waals surface area contributed by atoms with Crippen molar-refractivity contribution in [2.45, 2.75) is 76.5 Å². The predicted molar refractivity (Wildman–Crippen MR) is 133 cm³/mol. The summed E-state index contributed by atoms with van der Waals surface area (Å²) in [6.45, 7) is 4.28. The highest BCUT2D eigenvalue weighted by atomic mass is 16.4. The van der Waals surface area contributed by atoms with Crippen LogP contribution in [0.15, 0.2) is 24.3 Å². The van der Waals surface area contributed by atoms with Crippen molar-refractivity contribution in [3.8, 4) is 5.75 Å². The third-order valence-electron chi connectivity index (χ3n) is 5.99. The highest BCUT2D eigenvalue weighted by Crippen LogP contribution is 2.13. The molecule has 1 heterocycles. The van der Waals surface area contributed by atoms with E-state index in [-0.39, 0.29) is 37.4 Å². The standard InChI is InChI=1S/C25H36N4O8/c1-14(2)12-20(25(36)37)29-24(35)19(13-15-5-7-16(30)8-6-15)28-23(34)18(9-10-21(31)32)27-22(33)17-4-3-11-26-17/h5-8,14,17-20,26,30H,3-4,9-13H2,1-2H3,(H,27,33)(H,28,34)(H,29,35)(H,31,32)(H,36,37). The Bertz CT molecular complexity index is 960. The van der Waals surface area contributed by atoms with Crippen molar-refractivity contribution in [2.24, 2.45) is 5.92 Å². The molecule has 2 rings (SSSR count). The van der Waals surface area contributed by atoms with Crippen LogP contribution in [0.1, 0.15) is 51.5 Å². The minimum absolute atomic E-state index is 0.00799. The number of hydrogen-bond donors (Lipinski definition) is 7. The van der Waals surface area contributed by atoms with Crippen molar-refractivity contribution in [2.75, 3.05) is 6.54 Å². The summed E-state index contributed by atoms with van der Waals surface area (Å²) in [6.07, 6.45) is 0.929. The molecule has 7 N–H and O–H groups in total. The number of aliphatic carboxylic acids is 2. The number of carbonyl (C=O) groups excluding carboxylic acids is 3. The molecule has 1 aliphatic rings. The van der Waals surface area contributed by atoms with Crippen LogP contribution in [0.4, 0.5) is 0 Å². The van der Waals surface area contributed by atoms with Gasteiger partial charge in [0.2, 0.25) is 17.7 Å². The Labute approximate surface area is 215 Å². The summed E-state index contributed by atoms with van der Waals surface area (Å²) < 4.78 is 0. The number of hydrogen-bond acceptors (Lipinski definition) is 7. The van der Waals surface area contributed by atoms with Crippen LogP contribution in [0, 0.1) is 5.92 Å². The number of rotatable bonds is 14. The van der Waals surface area contributed by atoms with E-state index in [0.717, 1.165) is 6.42 Å². The summed E-state index contributed by atoms with van der Waals surface area (Å²) in [5.41, 5.74) is 0.579. The molecular weight excluding hydrogens is 484 g/mol. The lowest BCUT2D eigenvalue weighted by Gasteiger charge is -2.25. The van der Waals surface area contributed by atoms with Gasteiger partial charge in [-0.3, -0.25) is 19.2 Å². The van der Waals surface area contributed by atoms with Crippen LogP contribution in [0.3, 0.4) is 0 Å². The van der Waals surface area contributed by atoms with Gasteiger partial charge in [-0.1, -0.05) is 26.0 Å². The normalized spacial score (nSPS) is 17.4. The van der Waals surface area contributed by atoms with Crippen molar-refractivity contribution in [3.05, 3.63) is 29.8 Å². The molecule has 37 heavy (non-hydrogen) atoms. The molecule has 12 nitrogen and oxygen atoms in total. The summed E-state index contributed by atoms with van der Waals surface area (Å²) in [4.78, 5) is 61.7. The van der Waals surface area contributed by atoms with Crippen molar-refractivity contribution in [1.29, 1.82) is 0 Å². The van der Waals surface area contributed by atoms with Gasteiger partial charge in [0.05, 0.1) is 6.04 Å². The lowest BCUT2D eigenvalue weighted by atomic mass is 10.0. The van der Waals surface area contributed by atoms with Gasteiger partial charge in [0.15, 0.2) is 0 Å². The fraction of sp³-hybridized carbons (Fsp3) is 0.560. The Kier molecular flexibility index (Phi) is 11.3. The van der Waals surface area contributed by atoms with Crippen LogP contribution in [-0.4, -0.2) is 75.7 Å². The minimum atomic E-state index is -1.22. The zero-order chi connectivity index (χ0) is 27.5. The molecule has 0 bridgehead atoms. The second-order valence-electron chi connectivity index (χ2n) is 9.60. The first-order valence-electron chi connectivity index (χ1n) is 12.3. The van der Waals surface area contributed by atoms with E-state index in [1.165, 1.54) is 12.1 Å². The third kappa shape index (κ3) is 10.1. The molecular formula is C25H36N4O8. The highest BCUT2D eigenvalue weighted by Gasteiger charge is 2.32. The number of benzene rings is 1. The molecule has 1 aliphatic heterocycles. The SMILES string of the molecule is CC(C)CC(NC(=O)C(Cc1ccc(O)cc1)NC(=O)C(CCC(=O)O)NC(=O)C1CCCN1)C(=O)O. The van der Waals surface area contributed by atoms with E-state index in [9.17, 15) is 34.2 Å². The lowest BCUT2D eigenvalue weighted by Crippen LogP contribution is -2.57. The van der Waals surface area contributed by atoms with Crippen LogP contribution in [0.2, 0.25) is 0 Å². The van der Waals surface area contributed by atoms with E-state index in [1.807, 2.05) is 13.8 Å². The number of carbonyl (C=O) groups is 5. The van der Waals surface area contributed by atoms with E-state index in [2.05, 4.69) is 21.3 Å². The number of aromatic hydroxyl groups is 1. The zero-order valence-corrected chi connectivity index (χ0v) is 21.0. The van der Waals surface area contributed by atoms with E-state index >= 15 is 0 Å². The van der Waals surface area contributed by atoms with Gasteiger partial charge in [-0.15, -0.1) is 0 Å². The summed E-state index contributed by atoms with van der Waals surface area (Å²) in [7, 11) is 0. The quantitative estimate of drug-likeness (QED) is 0.178. The Balaban J connectivity index is 2.23. The second kappa shape index (κ2) is 14.2. The molecule has 4 unspecified atom stereocenters. The highest BCUT2D eigenvalue weighted by molar-refractivity contribution is 5.94. The van der Waals surface area contributed by atoms with Crippen LogP contribution >= 0.6 is 0 Å². The first-order chi connectivity index (χ1) is 17.5. The van der Waals surface area contributed by atoms with Crippen molar-refractivity contribution >= 4 is 29.7 Å². The molecule has 0 radical (unpaired) electrons. The maximum absolute atomic E-state index is 13.2. The summed E-state index contributed by atoms with van der Waals surface area (Å²) in [6, 6.07) is 1.82. The van der Waals surface area contributed by atoms with Gasteiger partial charge in [0.25, 0.3) is 0 Å². The monoisotopic (exact) mass is 520 g/mol. The maximum Gasteiger partial charge on any atom is 0.326 e. The van der Waals surface area contributed by atoms with Gasteiger partial charge in [0.1, 0.15) is 23.9 Å². The average molecular weight is 521 g/mol. The molecule has 0 aromatic heterocycles. The molecule has 1 aromatic carbocycles. The van der Waals surface area contributed by atoms with Gasteiger partial charge < -0.3 is 36.6 Å². The second-order valence-corrected chi connectivity index (χ2v) is 9.60. The average Bonchev–Trinajstić information content (AvgIpc) is 3.36. The number of nitrogens with one attached hydrogen (secondary N) is 4. The Morgan fingerprint density at radius 2 is 1.57 bits per heavy atom. The van der Waals surface area contributed by atoms with Gasteiger partial charge in [-0.25, -0.2) is 4.79 Å². The van der Waals surface area contributed by atoms with Crippen molar-refractivity contribution < 1.29 is 39.3 Å². The molecule has 3 amide bonds. The molecule has 1 saturated heterocycles. The van der Waals surface area contributed by atoms with E-state index in [4.69, 9.17) is 5.11 Å². The number of phenols is 1. The van der Waals surface area contributed by atoms with Crippen LogP contribution in [0.25, 0.3) is 0 Å². The summed E-state index contributed by atoms with van der Waals surface area (Å²) >= 11 is 0. The van der Waals surface area contributed by atoms with Gasteiger partial charge in [-0.2, -0.15) is 0 Å². The first kappa shape index (κ1) is 29.6. The van der Waals surface area contributed by atoms with E-state index in [0.29, 0.717) is 18.5 Å². The zero-order valence-electron chi connectivity index (χ0n) is 21.0. The molecule has 12 heteroatoms. The molecule has 1 fully saturated rings. The molecule has 1 aromatic rings. The van der Waals surface area contributed by atoms with Crippen LogP contribution in [-0.2, 0) is 30.4 Å². The fourth-order valence-corrected chi connectivity index (χ4v) is 4.03. The van der Waals surface area contributed by atoms with E-state index in [1.54, 1.807) is 12.1 Å². The predicted octanol–water partition coefficient (Wildman–Crippen LogP) is 0.137. The number of carboxylic acids is 2. The number of carboxylic acid groups (broad SMARTS) is 2. The number of amides is 3. The van der Waals surface area contributed by atoms with Crippen molar-refractivity contribution in [1.82, 2.24) is 21.3 Å². The van der Waals surface area contributed by atoms with Gasteiger partial charge >= 0.3 is 11.9 Å². The smallest absolute Gasteiger partial charge is 0.326 e. The molecule has 0 spiro atoms. The van der Waals surface area contributed by atoms with Crippen LogP contribution < -0.4 is 21.3 Å². The topological polar surface area (TPSA) is 194 Å². The third-order valence-corrected chi connectivity index (χ3v) is 5.99. The number of phenolic OH excluding ortho intramolecular Hbond substituents is 1. The van der Waals surface area contributed by atoms with Crippen molar-refractivity contribution in [3.63, 3.8) is 0 Å². The Hall–Kier alpha value is -3.67. The maximum atomic E-state index is 13.2. The summed E-state index contributed by atoms with van der Waals surface area (Å²) in [5, 5.41) is 38.8. The fourth-order valence-electron chi connectivity index (χ4n) is 4.03. The lowest BCUT2D eigenvalue weighted by molar-refractivity contribution is -0.142. The Morgan fingerprint density at radius 3 is 2.11 bits per heavy atom. The molecule has 0 saturated carbocycles. The first-order valence-corrected chi connectivity index (χ1v) is 12.3.